The number of para-hydroxylation sites is 1. The fraction of sp³-hybridized carbons (Fsp3) is 0.444. The number of amides is 1. The van der Waals surface area contributed by atoms with E-state index in [0.717, 1.165) is 44.4 Å². The number of likely N-dealkylation sites (N-methyl/N-ethyl adjacent to an activating group) is 1. The van der Waals surface area contributed by atoms with E-state index >= 15 is 0 Å². The maximum atomic E-state index is 13.0. The lowest BCUT2D eigenvalue weighted by Gasteiger charge is -2.31. The van der Waals surface area contributed by atoms with E-state index in [-0.39, 0.29) is 17.3 Å². The predicted octanol–water partition coefficient (Wildman–Crippen LogP) is 4.32. The minimum absolute atomic E-state index is 0.0699. The van der Waals surface area contributed by atoms with Crippen molar-refractivity contribution >= 4 is 11.6 Å². The number of benzene rings is 1. The Hall–Kier alpha value is -2.49. The molecule has 1 amide bonds. The van der Waals surface area contributed by atoms with E-state index in [2.05, 4.69) is 5.32 Å². The van der Waals surface area contributed by atoms with Crippen molar-refractivity contribution in [3.8, 4) is 6.07 Å². The van der Waals surface area contributed by atoms with Crippen LogP contribution in [0.5, 0.6) is 0 Å². The number of nitrogens with one attached hydrogen (secondary N) is 1. The number of halogens is 3. The molecule has 0 unspecified atom stereocenters. The molecule has 1 N–H and O–H groups in total. The van der Waals surface area contributed by atoms with E-state index in [1.54, 1.807) is 13.1 Å². The van der Waals surface area contributed by atoms with Gasteiger partial charge in [0.1, 0.15) is 11.6 Å². The van der Waals surface area contributed by atoms with Crippen LogP contribution in [-0.2, 0) is 11.0 Å². The van der Waals surface area contributed by atoms with Crippen LogP contribution in [0, 0.1) is 11.3 Å². The van der Waals surface area contributed by atoms with Gasteiger partial charge in [0.15, 0.2) is 0 Å². The minimum Gasteiger partial charge on any atom is -0.360 e. The van der Waals surface area contributed by atoms with Crippen LogP contribution in [0.4, 0.5) is 18.9 Å². The molecule has 1 saturated carbocycles. The van der Waals surface area contributed by atoms with Gasteiger partial charge in [-0.05, 0) is 25.0 Å². The van der Waals surface area contributed by atoms with Gasteiger partial charge < -0.3 is 10.2 Å². The lowest BCUT2D eigenvalue weighted by molar-refractivity contribution is -0.137. The van der Waals surface area contributed by atoms with Gasteiger partial charge >= 0.3 is 6.18 Å². The van der Waals surface area contributed by atoms with Gasteiger partial charge in [0, 0.05) is 19.3 Å². The van der Waals surface area contributed by atoms with Crippen LogP contribution < -0.4 is 5.32 Å². The van der Waals surface area contributed by atoms with Gasteiger partial charge in [0.25, 0.3) is 5.91 Å². The number of alkyl halides is 3. The average Bonchev–Trinajstić information content (AvgIpc) is 2.61. The summed E-state index contributed by atoms with van der Waals surface area (Å²) < 4.78 is 39.0. The molecule has 0 heterocycles. The van der Waals surface area contributed by atoms with Crippen LogP contribution in [-0.4, -0.2) is 23.9 Å². The molecule has 1 aromatic rings. The van der Waals surface area contributed by atoms with E-state index in [1.165, 1.54) is 23.1 Å². The number of anilines is 1. The number of nitrogens with zero attached hydrogens (tertiary/aromatic N) is 2. The number of nitriles is 1. The molecular weight excluding hydrogens is 331 g/mol. The zero-order valence-electron chi connectivity index (χ0n) is 13.9. The Morgan fingerprint density at radius 1 is 1.28 bits per heavy atom. The van der Waals surface area contributed by atoms with Crippen molar-refractivity contribution in [1.29, 1.82) is 5.26 Å². The third-order valence-electron chi connectivity index (χ3n) is 4.40. The molecule has 0 bridgehead atoms. The predicted molar refractivity (Wildman–Crippen MR) is 88.4 cm³/mol. The van der Waals surface area contributed by atoms with Gasteiger partial charge in [-0.3, -0.25) is 4.79 Å². The molecule has 1 aromatic carbocycles. The van der Waals surface area contributed by atoms with Crippen molar-refractivity contribution in [2.45, 2.75) is 44.3 Å². The maximum absolute atomic E-state index is 13.0. The maximum Gasteiger partial charge on any atom is 0.418 e. The number of carbonyl (C=O) groups is 1. The summed E-state index contributed by atoms with van der Waals surface area (Å²) in [5.41, 5.74) is -1.27. The van der Waals surface area contributed by atoms with Crippen molar-refractivity contribution in [2.75, 3.05) is 12.4 Å². The summed E-state index contributed by atoms with van der Waals surface area (Å²) in [6.07, 6.45) is 1.49. The van der Waals surface area contributed by atoms with Crippen molar-refractivity contribution in [2.24, 2.45) is 0 Å². The van der Waals surface area contributed by atoms with Gasteiger partial charge in [-0.1, -0.05) is 31.4 Å². The van der Waals surface area contributed by atoms with E-state index in [4.69, 9.17) is 0 Å². The van der Waals surface area contributed by atoms with Crippen molar-refractivity contribution in [1.82, 2.24) is 4.90 Å². The van der Waals surface area contributed by atoms with Crippen molar-refractivity contribution in [3.63, 3.8) is 0 Å². The summed E-state index contributed by atoms with van der Waals surface area (Å²) in [5, 5.41) is 11.7. The lowest BCUT2D eigenvalue weighted by Crippen LogP contribution is -2.39. The molecule has 1 fully saturated rings. The Morgan fingerprint density at radius 2 is 1.92 bits per heavy atom. The minimum atomic E-state index is -4.52. The van der Waals surface area contributed by atoms with E-state index < -0.39 is 17.6 Å². The molecule has 7 heteroatoms. The highest BCUT2D eigenvalue weighted by atomic mass is 19.4. The molecule has 0 spiro atoms. The Bertz CT molecular complexity index is 686. The number of carbonyl (C=O) groups excluding carboxylic acids is 1. The summed E-state index contributed by atoms with van der Waals surface area (Å²) in [7, 11) is 1.63. The monoisotopic (exact) mass is 351 g/mol. The summed E-state index contributed by atoms with van der Waals surface area (Å²) in [6.45, 7) is 0. The highest BCUT2D eigenvalue weighted by molar-refractivity contribution is 5.97. The molecule has 4 nitrogen and oxygen atoms in total. The zero-order chi connectivity index (χ0) is 18.4. The van der Waals surface area contributed by atoms with Gasteiger partial charge in [0.05, 0.1) is 11.3 Å². The normalized spacial score (nSPS) is 16.2. The number of hydrogen-bond acceptors (Lipinski definition) is 3. The topological polar surface area (TPSA) is 56.1 Å². The lowest BCUT2D eigenvalue weighted by atomic mass is 9.94. The van der Waals surface area contributed by atoms with Gasteiger partial charge in [-0.15, -0.1) is 0 Å². The summed E-state index contributed by atoms with van der Waals surface area (Å²) in [4.78, 5) is 14.0. The van der Waals surface area contributed by atoms with Crippen LogP contribution >= 0.6 is 0 Å². The Balaban J connectivity index is 2.16. The largest absolute Gasteiger partial charge is 0.418 e. The number of hydrogen-bond donors (Lipinski definition) is 1. The number of rotatable bonds is 4. The second-order valence-corrected chi connectivity index (χ2v) is 6.07. The molecule has 1 aliphatic rings. The SMILES string of the molecule is CN(C(=O)/C(C#N)=C\Nc1ccccc1C(F)(F)F)C1CCCCC1. The molecule has 25 heavy (non-hydrogen) atoms. The smallest absolute Gasteiger partial charge is 0.360 e. The Morgan fingerprint density at radius 3 is 2.52 bits per heavy atom. The molecular formula is C18H20F3N3O. The molecule has 0 aromatic heterocycles. The first-order valence-corrected chi connectivity index (χ1v) is 8.14. The standard InChI is InChI=1S/C18H20F3N3O/c1-24(14-7-3-2-4-8-14)17(25)13(11-22)12-23-16-10-6-5-9-15(16)18(19,20)21/h5-6,9-10,12,14,23H,2-4,7-8H2,1H3/b13-12-. The van der Waals surface area contributed by atoms with Gasteiger partial charge in [-0.2, -0.15) is 18.4 Å². The molecule has 1 aliphatic carbocycles. The second-order valence-electron chi connectivity index (χ2n) is 6.07. The van der Waals surface area contributed by atoms with Crippen LogP contribution in [0.15, 0.2) is 36.0 Å². The fourth-order valence-electron chi connectivity index (χ4n) is 2.97. The quantitative estimate of drug-likeness (QED) is 0.649. The second kappa shape index (κ2) is 8.06. The summed E-state index contributed by atoms with van der Waals surface area (Å²) in [5.74, 6) is -0.480. The van der Waals surface area contributed by atoms with E-state index in [1.807, 2.05) is 0 Å². The Kier molecular flexibility index (Phi) is 6.07. The first-order chi connectivity index (χ1) is 11.8. The molecule has 134 valence electrons. The summed E-state index contributed by atoms with van der Waals surface area (Å²) >= 11 is 0. The van der Waals surface area contributed by atoms with Crippen LogP contribution in [0.2, 0.25) is 0 Å². The van der Waals surface area contributed by atoms with Crippen LogP contribution in [0.25, 0.3) is 0 Å². The van der Waals surface area contributed by atoms with Gasteiger partial charge in [-0.25, -0.2) is 0 Å². The highest BCUT2D eigenvalue weighted by Crippen LogP contribution is 2.34. The fourth-order valence-corrected chi connectivity index (χ4v) is 2.97. The van der Waals surface area contributed by atoms with Crippen molar-refractivity contribution in [3.05, 3.63) is 41.6 Å². The Labute approximate surface area is 144 Å². The van der Waals surface area contributed by atoms with E-state index in [9.17, 15) is 23.2 Å². The van der Waals surface area contributed by atoms with E-state index in [0.29, 0.717) is 0 Å². The van der Waals surface area contributed by atoms with Crippen LogP contribution in [0.1, 0.15) is 37.7 Å². The van der Waals surface area contributed by atoms with Crippen molar-refractivity contribution < 1.29 is 18.0 Å². The van der Waals surface area contributed by atoms with Crippen LogP contribution in [0.3, 0.4) is 0 Å². The van der Waals surface area contributed by atoms with Gasteiger partial charge in [0.2, 0.25) is 0 Å². The molecule has 2 rings (SSSR count). The third-order valence-corrected chi connectivity index (χ3v) is 4.40. The average molecular weight is 351 g/mol. The first-order valence-electron chi connectivity index (χ1n) is 8.14. The zero-order valence-corrected chi connectivity index (χ0v) is 13.9. The summed E-state index contributed by atoms with van der Waals surface area (Å²) in [6, 6.07) is 6.78. The molecule has 0 atom stereocenters. The third kappa shape index (κ3) is 4.75. The first kappa shape index (κ1) is 18.8. The molecule has 0 radical (unpaired) electrons. The molecule has 0 aliphatic heterocycles. The molecule has 0 saturated heterocycles. The highest BCUT2D eigenvalue weighted by Gasteiger charge is 2.33.